The average Bonchev–Trinajstić information content (AvgIpc) is 2.73. The minimum Gasteiger partial charge on any atom is -0.319 e. The molecule has 1 N–H and O–H groups in total. The topological polar surface area (TPSA) is 15.3 Å². The summed E-state index contributed by atoms with van der Waals surface area (Å²) in [6.45, 7) is 3.41. The zero-order valence-corrected chi connectivity index (χ0v) is 11.3. The van der Waals surface area contributed by atoms with Gasteiger partial charge in [0.1, 0.15) is 0 Å². The van der Waals surface area contributed by atoms with Crippen molar-refractivity contribution >= 4 is 12.4 Å². The highest BCUT2D eigenvalue weighted by Gasteiger charge is 2.22. The molecule has 0 radical (unpaired) electrons. The van der Waals surface area contributed by atoms with E-state index in [1.165, 1.54) is 0 Å². The van der Waals surface area contributed by atoms with Gasteiger partial charge in [-0.1, -0.05) is 12.1 Å². The van der Waals surface area contributed by atoms with Gasteiger partial charge in [-0.2, -0.15) is 0 Å². The number of halogens is 3. The SMILES string of the molecule is CNCC1CCN(Cc2cccc(F)c2F)C1.Cl. The zero-order chi connectivity index (χ0) is 12.3. The van der Waals surface area contributed by atoms with Crippen molar-refractivity contribution in [2.45, 2.75) is 13.0 Å². The Kier molecular flexibility index (Phi) is 5.99. The standard InChI is InChI=1S/C13H18F2N2.ClH/c1-16-7-10-5-6-17(8-10)9-11-3-2-4-12(14)13(11)15;/h2-4,10,16H,5-9H2,1H3;1H. The van der Waals surface area contributed by atoms with Crippen LogP contribution in [0.2, 0.25) is 0 Å². The summed E-state index contributed by atoms with van der Waals surface area (Å²) >= 11 is 0. The second-order valence-electron chi connectivity index (χ2n) is 4.66. The number of nitrogens with zero attached hydrogens (tertiary/aromatic N) is 1. The number of rotatable bonds is 4. The van der Waals surface area contributed by atoms with Crippen LogP contribution < -0.4 is 5.32 Å². The molecule has 5 heteroatoms. The first-order chi connectivity index (χ1) is 8.20. The van der Waals surface area contributed by atoms with E-state index in [9.17, 15) is 8.78 Å². The molecule has 0 bridgehead atoms. The summed E-state index contributed by atoms with van der Waals surface area (Å²) in [6.07, 6.45) is 1.12. The van der Waals surface area contributed by atoms with Gasteiger partial charge in [-0.3, -0.25) is 4.90 Å². The Labute approximate surface area is 113 Å². The van der Waals surface area contributed by atoms with Gasteiger partial charge in [0.05, 0.1) is 0 Å². The fraction of sp³-hybridized carbons (Fsp3) is 0.538. The minimum absolute atomic E-state index is 0. The monoisotopic (exact) mass is 276 g/mol. The molecule has 1 aliphatic heterocycles. The number of hydrogen-bond donors (Lipinski definition) is 1. The first kappa shape index (κ1) is 15.3. The molecule has 0 saturated carbocycles. The normalized spacial score (nSPS) is 19.8. The van der Waals surface area contributed by atoms with Crippen molar-refractivity contribution < 1.29 is 8.78 Å². The van der Waals surface area contributed by atoms with Gasteiger partial charge in [0.25, 0.3) is 0 Å². The Morgan fingerprint density at radius 2 is 2.17 bits per heavy atom. The summed E-state index contributed by atoms with van der Waals surface area (Å²) in [5, 5.41) is 3.15. The van der Waals surface area contributed by atoms with Crippen LogP contribution >= 0.6 is 12.4 Å². The summed E-state index contributed by atoms with van der Waals surface area (Å²) in [4.78, 5) is 2.18. The molecule has 1 fully saturated rings. The second kappa shape index (κ2) is 7.02. The maximum absolute atomic E-state index is 13.5. The predicted molar refractivity (Wildman–Crippen MR) is 70.9 cm³/mol. The highest BCUT2D eigenvalue weighted by molar-refractivity contribution is 5.85. The van der Waals surface area contributed by atoms with Gasteiger partial charge in [-0.05, 0) is 38.5 Å². The fourth-order valence-corrected chi connectivity index (χ4v) is 2.42. The van der Waals surface area contributed by atoms with Crippen molar-refractivity contribution in [3.05, 3.63) is 35.4 Å². The molecule has 1 aliphatic rings. The molecule has 1 saturated heterocycles. The molecule has 1 aromatic rings. The summed E-state index contributed by atoms with van der Waals surface area (Å²) in [5.74, 6) is -0.838. The average molecular weight is 277 g/mol. The molecule has 0 aliphatic carbocycles. The van der Waals surface area contributed by atoms with E-state index in [1.54, 1.807) is 12.1 Å². The van der Waals surface area contributed by atoms with Crippen LogP contribution in [0.3, 0.4) is 0 Å². The first-order valence-corrected chi connectivity index (χ1v) is 6.00. The van der Waals surface area contributed by atoms with Gasteiger partial charge in [-0.15, -0.1) is 12.4 Å². The predicted octanol–water partition coefficient (Wildman–Crippen LogP) is 2.43. The highest BCUT2D eigenvalue weighted by atomic mass is 35.5. The van der Waals surface area contributed by atoms with E-state index in [0.717, 1.165) is 32.1 Å². The Bertz CT molecular complexity index is 387. The fourth-order valence-electron chi connectivity index (χ4n) is 2.42. The summed E-state index contributed by atoms with van der Waals surface area (Å²) in [5.41, 5.74) is 0.454. The zero-order valence-electron chi connectivity index (χ0n) is 10.5. The Morgan fingerprint density at radius 1 is 1.39 bits per heavy atom. The third kappa shape index (κ3) is 3.64. The van der Waals surface area contributed by atoms with E-state index in [4.69, 9.17) is 0 Å². The van der Waals surface area contributed by atoms with Crippen LogP contribution in [0.15, 0.2) is 18.2 Å². The van der Waals surface area contributed by atoms with Gasteiger partial charge in [0.2, 0.25) is 0 Å². The first-order valence-electron chi connectivity index (χ1n) is 6.00. The maximum atomic E-state index is 13.5. The molecule has 102 valence electrons. The van der Waals surface area contributed by atoms with Gasteiger partial charge < -0.3 is 5.32 Å². The van der Waals surface area contributed by atoms with Crippen LogP contribution in [0.1, 0.15) is 12.0 Å². The molecule has 2 nitrogen and oxygen atoms in total. The van der Waals surface area contributed by atoms with Crippen molar-refractivity contribution in [3.63, 3.8) is 0 Å². The van der Waals surface area contributed by atoms with Crippen LogP contribution in [-0.2, 0) is 6.54 Å². The maximum Gasteiger partial charge on any atom is 0.163 e. The van der Waals surface area contributed by atoms with Crippen molar-refractivity contribution in [3.8, 4) is 0 Å². The van der Waals surface area contributed by atoms with Gasteiger partial charge >= 0.3 is 0 Å². The quantitative estimate of drug-likeness (QED) is 0.909. The molecular weight excluding hydrogens is 258 g/mol. The molecule has 1 atom stereocenters. The number of hydrogen-bond acceptors (Lipinski definition) is 2. The van der Waals surface area contributed by atoms with Crippen LogP contribution in [0.5, 0.6) is 0 Å². The van der Waals surface area contributed by atoms with Crippen molar-refractivity contribution in [1.29, 1.82) is 0 Å². The number of nitrogens with one attached hydrogen (secondary N) is 1. The lowest BCUT2D eigenvalue weighted by molar-refractivity contribution is 0.308. The Hall–Kier alpha value is -0.710. The van der Waals surface area contributed by atoms with Gasteiger partial charge in [0, 0.05) is 18.7 Å². The Balaban J connectivity index is 0.00000162. The number of benzene rings is 1. The van der Waals surface area contributed by atoms with E-state index in [1.807, 2.05) is 7.05 Å². The van der Waals surface area contributed by atoms with E-state index < -0.39 is 11.6 Å². The number of likely N-dealkylation sites (tertiary alicyclic amines) is 1. The van der Waals surface area contributed by atoms with Gasteiger partial charge in [0.15, 0.2) is 11.6 Å². The summed E-state index contributed by atoms with van der Waals surface area (Å²) < 4.78 is 26.5. The molecule has 0 aromatic heterocycles. The Morgan fingerprint density at radius 3 is 2.89 bits per heavy atom. The lowest BCUT2D eigenvalue weighted by atomic mass is 10.1. The van der Waals surface area contributed by atoms with Crippen LogP contribution in [0.25, 0.3) is 0 Å². The molecule has 1 unspecified atom stereocenters. The lowest BCUT2D eigenvalue weighted by Gasteiger charge is -2.16. The largest absolute Gasteiger partial charge is 0.319 e. The van der Waals surface area contributed by atoms with E-state index in [0.29, 0.717) is 18.0 Å². The van der Waals surface area contributed by atoms with E-state index in [-0.39, 0.29) is 12.4 Å². The lowest BCUT2D eigenvalue weighted by Crippen LogP contribution is -2.24. The highest BCUT2D eigenvalue weighted by Crippen LogP contribution is 2.20. The van der Waals surface area contributed by atoms with Crippen molar-refractivity contribution in [2.24, 2.45) is 5.92 Å². The van der Waals surface area contributed by atoms with Crippen molar-refractivity contribution in [1.82, 2.24) is 10.2 Å². The van der Waals surface area contributed by atoms with Crippen LogP contribution in [0.4, 0.5) is 8.78 Å². The molecule has 2 rings (SSSR count). The molecule has 1 heterocycles. The van der Waals surface area contributed by atoms with Crippen molar-refractivity contribution in [2.75, 3.05) is 26.7 Å². The van der Waals surface area contributed by atoms with E-state index >= 15 is 0 Å². The third-order valence-corrected chi connectivity index (χ3v) is 3.29. The van der Waals surface area contributed by atoms with Crippen LogP contribution in [0, 0.1) is 17.6 Å². The molecule has 0 amide bonds. The van der Waals surface area contributed by atoms with Crippen LogP contribution in [-0.4, -0.2) is 31.6 Å². The minimum atomic E-state index is -0.756. The third-order valence-electron chi connectivity index (χ3n) is 3.29. The molecule has 18 heavy (non-hydrogen) atoms. The van der Waals surface area contributed by atoms with E-state index in [2.05, 4.69) is 10.2 Å². The smallest absolute Gasteiger partial charge is 0.163 e. The summed E-state index contributed by atoms with van der Waals surface area (Å²) in [7, 11) is 1.94. The molecule has 0 spiro atoms. The molecule has 1 aromatic carbocycles. The van der Waals surface area contributed by atoms with Gasteiger partial charge in [-0.25, -0.2) is 8.78 Å². The second-order valence-corrected chi connectivity index (χ2v) is 4.66. The summed E-state index contributed by atoms with van der Waals surface area (Å²) in [6, 6.07) is 4.38. The molecular formula is C13H19ClF2N2.